The molecule has 168 valence electrons. The lowest BCUT2D eigenvalue weighted by Gasteiger charge is -2.25. The van der Waals surface area contributed by atoms with E-state index in [1.165, 1.54) is 28.0 Å². The first-order valence-electron chi connectivity index (χ1n) is 9.69. The van der Waals surface area contributed by atoms with Crippen molar-refractivity contribution in [2.45, 2.75) is 19.6 Å². The third-order valence-electron chi connectivity index (χ3n) is 4.67. The molecule has 0 fully saturated rings. The van der Waals surface area contributed by atoms with E-state index in [0.29, 0.717) is 29.9 Å². The number of nitrogens with zero attached hydrogens (tertiary/aromatic N) is 4. The van der Waals surface area contributed by atoms with Gasteiger partial charge in [-0.15, -0.1) is 0 Å². The van der Waals surface area contributed by atoms with Crippen LogP contribution in [0.25, 0.3) is 0 Å². The molecule has 0 atom stereocenters. The lowest BCUT2D eigenvalue weighted by Crippen LogP contribution is -2.37. The molecule has 31 heavy (non-hydrogen) atoms. The van der Waals surface area contributed by atoms with Crippen LogP contribution in [0.3, 0.4) is 0 Å². The fourth-order valence-electron chi connectivity index (χ4n) is 2.95. The Kier molecular flexibility index (Phi) is 7.78. The summed E-state index contributed by atoms with van der Waals surface area (Å²) in [5, 5.41) is 0. The average Bonchev–Trinajstić information content (AvgIpc) is 2.69. The van der Waals surface area contributed by atoms with Crippen molar-refractivity contribution in [2.75, 3.05) is 41.3 Å². The van der Waals surface area contributed by atoms with Gasteiger partial charge in [0.2, 0.25) is 0 Å². The van der Waals surface area contributed by atoms with Crippen LogP contribution >= 0.6 is 0 Å². The summed E-state index contributed by atoms with van der Waals surface area (Å²) in [6, 6.07) is 7.98. The van der Waals surface area contributed by atoms with Crippen molar-refractivity contribution >= 4 is 11.8 Å². The summed E-state index contributed by atoms with van der Waals surface area (Å²) in [6.07, 6.45) is -4.45. The Balaban J connectivity index is 2.33. The highest BCUT2D eigenvalue weighted by Gasteiger charge is 2.30. The molecule has 0 bridgehead atoms. The largest absolute Gasteiger partial charge is 0.416 e. The summed E-state index contributed by atoms with van der Waals surface area (Å²) in [6.45, 7) is 2.51. The van der Waals surface area contributed by atoms with Crippen LogP contribution in [0.2, 0.25) is 0 Å². The number of carbonyl (C=O) groups excluding carboxylic acids is 2. The summed E-state index contributed by atoms with van der Waals surface area (Å²) < 4.78 is 39.2. The molecule has 0 aliphatic heterocycles. The molecule has 0 unspecified atom stereocenters. The molecule has 6 nitrogen and oxygen atoms in total. The lowest BCUT2D eigenvalue weighted by atomic mass is 10.1. The Labute approximate surface area is 180 Å². The number of alkyl halides is 3. The number of halogens is 3. The van der Waals surface area contributed by atoms with E-state index in [9.17, 15) is 22.8 Å². The molecule has 0 saturated heterocycles. The van der Waals surface area contributed by atoms with Crippen LogP contribution in [0.15, 0.2) is 36.4 Å². The molecule has 9 heteroatoms. The minimum absolute atomic E-state index is 0.0222. The molecule has 0 aliphatic rings. The van der Waals surface area contributed by atoms with Crippen LogP contribution in [-0.2, 0) is 12.7 Å². The van der Waals surface area contributed by atoms with Crippen LogP contribution in [0.5, 0.6) is 0 Å². The highest BCUT2D eigenvalue weighted by molar-refractivity contribution is 5.97. The number of carbonyl (C=O) groups is 2. The molecule has 2 aromatic rings. The van der Waals surface area contributed by atoms with Crippen molar-refractivity contribution in [3.8, 4) is 0 Å². The van der Waals surface area contributed by atoms with Crippen LogP contribution in [0.1, 0.15) is 37.7 Å². The van der Waals surface area contributed by atoms with E-state index in [1.54, 1.807) is 27.1 Å². The van der Waals surface area contributed by atoms with E-state index < -0.39 is 11.7 Å². The predicted octanol–water partition coefficient (Wildman–Crippen LogP) is 3.31. The Morgan fingerprint density at radius 3 is 2.19 bits per heavy atom. The van der Waals surface area contributed by atoms with Gasteiger partial charge in [0.15, 0.2) is 0 Å². The second-order valence-electron chi connectivity index (χ2n) is 7.76. The second kappa shape index (κ2) is 9.91. The quantitative estimate of drug-likeness (QED) is 0.668. The summed E-state index contributed by atoms with van der Waals surface area (Å²) in [5.41, 5.74) is 0.538. The molecular formula is C22H27F3N4O2. The van der Waals surface area contributed by atoms with Gasteiger partial charge in [-0.05, 0) is 50.8 Å². The molecule has 2 rings (SSSR count). The molecule has 2 amide bonds. The first kappa shape index (κ1) is 24.3. The highest BCUT2D eigenvalue weighted by atomic mass is 19.4. The van der Waals surface area contributed by atoms with E-state index in [4.69, 9.17) is 0 Å². The van der Waals surface area contributed by atoms with Crippen molar-refractivity contribution in [3.05, 3.63) is 64.5 Å². The third-order valence-corrected chi connectivity index (χ3v) is 4.67. The average molecular weight is 436 g/mol. The maximum absolute atomic E-state index is 13.2. The first-order valence-corrected chi connectivity index (χ1v) is 9.69. The fraction of sp³-hybridized carbons (Fsp3) is 0.409. The van der Waals surface area contributed by atoms with Crippen molar-refractivity contribution in [3.63, 3.8) is 0 Å². The molecule has 1 aromatic carbocycles. The van der Waals surface area contributed by atoms with Gasteiger partial charge in [0.1, 0.15) is 5.69 Å². The molecule has 0 aliphatic carbocycles. The standard InChI is InChI=1S/C22H27F3N4O2/c1-15-18(9-10-19(26-15)21(31)28(4)5)20(30)29(12-11-27(2)3)14-16-7-6-8-17(13-16)22(23,24)25/h6-10,13H,11-12,14H2,1-5H3. The molecule has 0 spiro atoms. The summed E-state index contributed by atoms with van der Waals surface area (Å²) >= 11 is 0. The minimum atomic E-state index is -4.45. The number of pyridine rings is 1. The number of likely N-dealkylation sites (N-methyl/N-ethyl adjacent to an activating group) is 1. The number of amides is 2. The Morgan fingerprint density at radius 1 is 0.968 bits per heavy atom. The zero-order chi connectivity index (χ0) is 23.3. The van der Waals surface area contributed by atoms with Crippen molar-refractivity contribution in [1.82, 2.24) is 19.7 Å². The lowest BCUT2D eigenvalue weighted by molar-refractivity contribution is -0.137. The summed E-state index contributed by atoms with van der Waals surface area (Å²) in [7, 11) is 6.91. The van der Waals surface area contributed by atoms with Crippen LogP contribution in [0, 0.1) is 6.92 Å². The second-order valence-corrected chi connectivity index (χ2v) is 7.76. The van der Waals surface area contributed by atoms with Gasteiger partial charge in [-0.2, -0.15) is 13.2 Å². The first-order chi connectivity index (χ1) is 14.4. The number of hydrogen-bond donors (Lipinski definition) is 0. The van der Waals surface area contributed by atoms with Crippen molar-refractivity contribution in [1.29, 1.82) is 0 Å². The summed E-state index contributed by atoms with van der Waals surface area (Å²) in [4.78, 5) is 34.4. The molecule has 0 saturated carbocycles. The van der Waals surface area contributed by atoms with Gasteiger partial charge in [-0.25, -0.2) is 4.98 Å². The number of aryl methyl sites for hydroxylation is 1. The monoisotopic (exact) mass is 436 g/mol. The predicted molar refractivity (Wildman–Crippen MR) is 112 cm³/mol. The van der Waals surface area contributed by atoms with E-state index in [1.807, 2.05) is 19.0 Å². The van der Waals surface area contributed by atoms with Gasteiger partial charge in [0.05, 0.1) is 16.8 Å². The van der Waals surface area contributed by atoms with Crippen LogP contribution in [0.4, 0.5) is 13.2 Å². The number of hydrogen-bond acceptors (Lipinski definition) is 4. The number of aromatic nitrogens is 1. The Hall–Kier alpha value is -2.94. The van der Waals surface area contributed by atoms with Gasteiger partial charge in [0.25, 0.3) is 11.8 Å². The van der Waals surface area contributed by atoms with Crippen molar-refractivity contribution < 1.29 is 22.8 Å². The fourth-order valence-corrected chi connectivity index (χ4v) is 2.95. The van der Waals surface area contributed by atoms with Gasteiger partial charge in [0, 0.05) is 33.7 Å². The van der Waals surface area contributed by atoms with Gasteiger partial charge < -0.3 is 14.7 Å². The summed E-state index contributed by atoms with van der Waals surface area (Å²) in [5.74, 6) is -0.636. The van der Waals surface area contributed by atoms with Crippen molar-refractivity contribution in [2.24, 2.45) is 0 Å². The normalized spacial score (nSPS) is 11.5. The minimum Gasteiger partial charge on any atom is -0.343 e. The Morgan fingerprint density at radius 2 is 1.65 bits per heavy atom. The van der Waals surface area contributed by atoms with E-state index in [2.05, 4.69) is 4.98 Å². The zero-order valence-electron chi connectivity index (χ0n) is 18.3. The smallest absolute Gasteiger partial charge is 0.343 e. The highest BCUT2D eigenvalue weighted by Crippen LogP contribution is 2.30. The zero-order valence-corrected chi connectivity index (χ0v) is 18.3. The number of benzene rings is 1. The van der Waals surface area contributed by atoms with Gasteiger partial charge in [-0.1, -0.05) is 12.1 Å². The van der Waals surface area contributed by atoms with Crippen LogP contribution < -0.4 is 0 Å². The number of rotatable bonds is 7. The molecular weight excluding hydrogens is 409 g/mol. The SMILES string of the molecule is Cc1nc(C(=O)N(C)C)ccc1C(=O)N(CCN(C)C)Cc1cccc(C(F)(F)F)c1. The molecule has 0 radical (unpaired) electrons. The maximum Gasteiger partial charge on any atom is 0.416 e. The Bertz CT molecular complexity index is 943. The van der Waals surface area contributed by atoms with E-state index in [0.717, 1.165) is 12.1 Å². The van der Waals surface area contributed by atoms with Gasteiger partial charge >= 0.3 is 6.18 Å². The van der Waals surface area contributed by atoms with Crippen LogP contribution in [-0.4, -0.2) is 72.8 Å². The topological polar surface area (TPSA) is 56.8 Å². The third kappa shape index (κ3) is 6.52. The maximum atomic E-state index is 13.2. The molecule has 1 aromatic heterocycles. The van der Waals surface area contributed by atoms with Gasteiger partial charge in [-0.3, -0.25) is 9.59 Å². The van der Waals surface area contributed by atoms with E-state index in [-0.39, 0.29) is 24.1 Å². The molecule has 0 N–H and O–H groups in total. The van der Waals surface area contributed by atoms with E-state index >= 15 is 0 Å². The molecule has 1 heterocycles.